The molecule has 2 atom stereocenters. The number of rotatable bonds is 5. The van der Waals surface area contributed by atoms with Gasteiger partial charge in [-0.25, -0.2) is 4.39 Å². The van der Waals surface area contributed by atoms with E-state index in [2.05, 4.69) is 27.8 Å². The van der Waals surface area contributed by atoms with Gasteiger partial charge in [-0.05, 0) is 50.4 Å². The molecule has 2 unspecified atom stereocenters. The van der Waals surface area contributed by atoms with Gasteiger partial charge in [0.1, 0.15) is 5.82 Å². The van der Waals surface area contributed by atoms with Crippen LogP contribution >= 0.6 is 15.9 Å². The van der Waals surface area contributed by atoms with Crippen molar-refractivity contribution in [3.8, 4) is 0 Å². The Hall–Kier alpha value is -0.450. The summed E-state index contributed by atoms with van der Waals surface area (Å²) in [5, 5.41) is 0. The average Bonchev–Trinajstić information content (AvgIpc) is 2.68. The second-order valence-corrected chi connectivity index (χ2v) is 6.95. The van der Waals surface area contributed by atoms with Crippen molar-refractivity contribution in [1.82, 2.24) is 4.90 Å². The fraction of sp³-hybridized carbons (Fsp3) is 0.647. The van der Waals surface area contributed by atoms with Crippen LogP contribution in [0.4, 0.5) is 4.39 Å². The van der Waals surface area contributed by atoms with Crippen LogP contribution in [-0.4, -0.2) is 24.5 Å². The van der Waals surface area contributed by atoms with Gasteiger partial charge in [0.15, 0.2) is 0 Å². The van der Waals surface area contributed by atoms with Gasteiger partial charge < -0.3 is 5.73 Å². The number of likely N-dealkylation sites (tertiary alicyclic amines) is 1. The van der Waals surface area contributed by atoms with Crippen molar-refractivity contribution in [3.05, 3.63) is 34.1 Å². The van der Waals surface area contributed by atoms with E-state index >= 15 is 0 Å². The van der Waals surface area contributed by atoms with Gasteiger partial charge in [-0.1, -0.05) is 41.8 Å². The van der Waals surface area contributed by atoms with Gasteiger partial charge in [-0.2, -0.15) is 0 Å². The quantitative estimate of drug-likeness (QED) is 0.841. The summed E-state index contributed by atoms with van der Waals surface area (Å²) in [4.78, 5) is 2.38. The van der Waals surface area contributed by atoms with Crippen molar-refractivity contribution in [2.24, 2.45) is 11.7 Å². The Morgan fingerprint density at radius 2 is 2.19 bits per heavy atom. The van der Waals surface area contributed by atoms with E-state index in [1.165, 1.54) is 38.2 Å². The Balaban J connectivity index is 2.10. The van der Waals surface area contributed by atoms with Crippen LogP contribution < -0.4 is 5.73 Å². The zero-order valence-corrected chi connectivity index (χ0v) is 14.4. The molecule has 0 amide bonds. The fourth-order valence-electron chi connectivity index (χ4n) is 3.44. The topological polar surface area (TPSA) is 29.3 Å². The molecular formula is C17H26BrFN2. The number of hydrogen-bond donors (Lipinski definition) is 1. The van der Waals surface area contributed by atoms with Crippen LogP contribution in [0.2, 0.25) is 0 Å². The first-order chi connectivity index (χ1) is 10.2. The summed E-state index contributed by atoms with van der Waals surface area (Å²) in [5.41, 5.74) is 6.70. The summed E-state index contributed by atoms with van der Waals surface area (Å²) in [6.45, 7) is 4.78. The molecule has 1 saturated heterocycles. The lowest BCUT2D eigenvalue weighted by Gasteiger charge is -2.30. The lowest BCUT2D eigenvalue weighted by atomic mass is 9.96. The molecule has 21 heavy (non-hydrogen) atoms. The fourth-order valence-corrected chi connectivity index (χ4v) is 3.77. The molecule has 0 aliphatic carbocycles. The highest BCUT2D eigenvalue weighted by Gasteiger charge is 2.25. The van der Waals surface area contributed by atoms with Gasteiger partial charge in [0.25, 0.3) is 0 Å². The molecule has 4 heteroatoms. The highest BCUT2D eigenvalue weighted by molar-refractivity contribution is 9.10. The van der Waals surface area contributed by atoms with Crippen LogP contribution in [0.25, 0.3) is 0 Å². The summed E-state index contributed by atoms with van der Waals surface area (Å²) in [7, 11) is 0. The van der Waals surface area contributed by atoms with Crippen LogP contribution in [0.5, 0.6) is 0 Å². The van der Waals surface area contributed by atoms with Gasteiger partial charge in [0.2, 0.25) is 0 Å². The van der Waals surface area contributed by atoms with Crippen molar-refractivity contribution < 1.29 is 4.39 Å². The van der Waals surface area contributed by atoms with Crippen LogP contribution in [0.15, 0.2) is 22.7 Å². The van der Waals surface area contributed by atoms with E-state index < -0.39 is 0 Å². The van der Waals surface area contributed by atoms with Crippen molar-refractivity contribution >= 4 is 15.9 Å². The number of nitrogens with zero attached hydrogens (tertiary/aromatic N) is 1. The van der Waals surface area contributed by atoms with Crippen LogP contribution in [-0.2, 0) is 0 Å². The maximum Gasteiger partial charge on any atom is 0.129 e. The van der Waals surface area contributed by atoms with Crippen molar-refractivity contribution in [2.75, 3.05) is 19.6 Å². The third-order valence-corrected chi connectivity index (χ3v) is 5.06. The zero-order valence-electron chi connectivity index (χ0n) is 12.8. The molecule has 0 radical (unpaired) electrons. The maximum absolute atomic E-state index is 14.2. The molecule has 118 valence electrons. The lowest BCUT2D eigenvalue weighted by Crippen LogP contribution is -2.35. The highest BCUT2D eigenvalue weighted by Crippen LogP contribution is 2.29. The van der Waals surface area contributed by atoms with Gasteiger partial charge in [-0.15, -0.1) is 0 Å². The Morgan fingerprint density at radius 3 is 2.86 bits per heavy atom. The Kier molecular flexibility index (Phi) is 6.65. The molecule has 2 N–H and O–H groups in total. The minimum atomic E-state index is -0.158. The van der Waals surface area contributed by atoms with Crippen LogP contribution in [0.3, 0.4) is 0 Å². The Bertz CT molecular complexity index is 452. The second kappa shape index (κ2) is 8.25. The minimum absolute atomic E-state index is 0.00141. The number of halogens is 2. The first-order valence-corrected chi connectivity index (χ1v) is 8.84. The number of hydrogen-bond acceptors (Lipinski definition) is 2. The predicted octanol–water partition coefficient (Wildman–Crippen LogP) is 4.49. The summed E-state index contributed by atoms with van der Waals surface area (Å²) < 4.78 is 15.0. The molecule has 1 fully saturated rings. The molecule has 0 aromatic heterocycles. The molecule has 1 aliphatic heterocycles. The molecular weight excluding hydrogens is 331 g/mol. The smallest absolute Gasteiger partial charge is 0.129 e. The summed E-state index contributed by atoms with van der Waals surface area (Å²) in [6, 6.07) is 5.30. The first-order valence-electron chi connectivity index (χ1n) is 8.04. The molecule has 0 saturated carbocycles. The lowest BCUT2D eigenvalue weighted by molar-refractivity contribution is 0.202. The van der Waals surface area contributed by atoms with Gasteiger partial charge in [0.05, 0.1) is 0 Å². The van der Waals surface area contributed by atoms with Crippen molar-refractivity contribution in [1.29, 1.82) is 0 Å². The van der Waals surface area contributed by atoms with E-state index in [9.17, 15) is 4.39 Å². The zero-order chi connectivity index (χ0) is 15.2. The van der Waals surface area contributed by atoms with Gasteiger partial charge >= 0.3 is 0 Å². The average molecular weight is 357 g/mol. The predicted molar refractivity (Wildman–Crippen MR) is 89.7 cm³/mol. The minimum Gasteiger partial charge on any atom is -0.329 e. The molecule has 1 aromatic carbocycles. The SMILES string of the molecule is CCCC1CCCN(C(CN)c2ccc(Br)cc2F)CC1. The number of nitrogens with two attached hydrogens (primary N) is 1. The monoisotopic (exact) mass is 356 g/mol. The third-order valence-electron chi connectivity index (χ3n) is 4.56. The van der Waals surface area contributed by atoms with Crippen molar-refractivity contribution in [3.63, 3.8) is 0 Å². The maximum atomic E-state index is 14.2. The Morgan fingerprint density at radius 1 is 1.38 bits per heavy atom. The second-order valence-electron chi connectivity index (χ2n) is 6.04. The standard InChI is InChI=1S/C17H26BrFN2/c1-2-4-13-5-3-9-21(10-8-13)17(12-20)15-7-6-14(18)11-16(15)19/h6-7,11,13,17H,2-5,8-10,12,20H2,1H3. The molecule has 1 aliphatic rings. The van der Waals surface area contributed by atoms with E-state index in [-0.39, 0.29) is 11.9 Å². The largest absolute Gasteiger partial charge is 0.329 e. The molecule has 1 aromatic rings. The van der Waals surface area contributed by atoms with Crippen LogP contribution in [0, 0.1) is 11.7 Å². The summed E-state index contributed by atoms with van der Waals surface area (Å²) in [6.07, 6.45) is 6.27. The van der Waals surface area contributed by atoms with Crippen LogP contribution in [0.1, 0.15) is 50.6 Å². The van der Waals surface area contributed by atoms with Gasteiger partial charge in [0, 0.05) is 22.6 Å². The molecule has 2 nitrogen and oxygen atoms in total. The van der Waals surface area contributed by atoms with Gasteiger partial charge in [-0.3, -0.25) is 4.90 Å². The first kappa shape index (κ1) is 16.9. The Labute approximate surface area is 136 Å². The third kappa shape index (κ3) is 4.51. The van der Waals surface area contributed by atoms with Crippen molar-refractivity contribution in [2.45, 2.75) is 45.1 Å². The number of benzene rings is 1. The normalized spacial score (nSPS) is 22.0. The highest BCUT2D eigenvalue weighted by atomic mass is 79.9. The van der Waals surface area contributed by atoms with E-state index in [0.717, 1.165) is 29.0 Å². The van der Waals surface area contributed by atoms with E-state index in [1.54, 1.807) is 0 Å². The van der Waals surface area contributed by atoms with E-state index in [0.29, 0.717) is 6.54 Å². The van der Waals surface area contributed by atoms with E-state index in [4.69, 9.17) is 5.73 Å². The van der Waals surface area contributed by atoms with E-state index in [1.807, 2.05) is 12.1 Å². The summed E-state index contributed by atoms with van der Waals surface area (Å²) >= 11 is 3.32. The molecule has 0 bridgehead atoms. The summed E-state index contributed by atoms with van der Waals surface area (Å²) in [5.74, 6) is 0.669. The molecule has 1 heterocycles. The molecule has 2 rings (SSSR count). The molecule has 0 spiro atoms.